The van der Waals surface area contributed by atoms with Gasteiger partial charge in [0, 0.05) is 42.7 Å². The number of Topliss-reactive ketones (excluding diaryl/α,β-unsaturated/α-hetero) is 1. The van der Waals surface area contributed by atoms with Gasteiger partial charge in [-0.3, -0.25) is 9.59 Å². The molecule has 1 amide bonds. The molecule has 1 aromatic heterocycles. The van der Waals surface area contributed by atoms with Gasteiger partial charge in [-0.1, -0.05) is 19.1 Å². The number of likely N-dealkylation sites (N-methyl/N-ethyl adjacent to an activating group) is 1. The highest BCUT2D eigenvalue weighted by Crippen LogP contribution is 2.51. The van der Waals surface area contributed by atoms with Crippen molar-refractivity contribution in [2.24, 2.45) is 0 Å². The second-order valence-corrected chi connectivity index (χ2v) is 9.26. The average Bonchev–Trinajstić information content (AvgIpc) is 3.63. The number of ketones is 1. The van der Waals surface area contributed by atoms with E-state index >= 15 is 0 Å². The highest BCUT2D eigenvalue weighted by molar-refractivity contribution is 5.97. The van der Waals surface area contributed by atoms with Crippen LogP contribution in [0.25, 0.3) is 5.57 Å². The van der Waals surface area contributed by atoms with Gasteiger partial charge in [-0.05, 0) is 94.2 Å². The predicted molar refractivity (Wildman–Crippen MR) is 141 cm³/mol. The summed E-state index contributed by atoms with van der Waals surface area (Å²) < 4.78 is 0. The Labute approximate surface area is 209 Å². The van der Waals surface area contributed by atoms with Crippen LogP contribution in [0.3, 0.4) is 0 Å². The summed E-state index contributed by atoms with van der Waals surface area (Å²) in [5.74, 6) is 0.786. The van der Waals surface area contributed by atoms with Crippen molar-refractivity contribution < 1.29 is 14.7 Å². The maximum atomic E-state index is 12.1. The van der Waals surface area contributed by atoms with Gasteiger partial charge in [0.05, 0.1) is 6.61 Å². The molecule has 0 unspecified atom stereocenters. The van der Waals surface area contributed by atoms with Crippen LogP contribution in [0.4, 0.5) is 0 Å². The zero-order valence-electron chi connectivity index (χ0n) is 22.2. The van der Waals surface area contributed by atoms with Crippen LogP contribution >= 0.6 is 0 Å². The summed E-state index contributed by atoms with van der Waals surface area (Å²) in [4.78, 5) is 33.2. The van der Waals surface area contributed by atoms with Gasteiger partial charge in [-0.2, -0.15) is 0 Å². The summed E-state index contributed by atoms with van der Waals surface area (Å²) in [5.41, 5.74) is 6.33. The van der Waals surface area contributed by atoms with Crippen molar-refractivity contribution in [2.75, 3.05) is 20.2 Å². The van der Waals surface area contributed by atoms with E-state index in [9.17, 15) is 9.59 Å². The van der Waals surface area contributed by atoms with Crippen LogP contribution < -0.4 is 0 Å². The molecule has 6 heteroatoms. The molecule has 1 fully saturated rings. The number of aliphatic hydroxyl groups is 1. The van der Waals surface area contributed by atoms with Gasteiger partial charge >= 0.3 is 0 Å². The Balaban J connectivity index is 0.000000251. The number of aliphatic hydroxyl groups excluding tert-OH is 1. The minimum atomic E-state index is -0.0231. The Hall–Kier alpha value is -3.12. The molecule has 1 aliphatic carbocycles. The van der Waals surface area contributed by atoms with Crippen LogP contribution in [-0.2, 0) is 10.2 Å². The summed E-state index contributed by atoms with van der Waals surface area (Å²) >= 11 is 0. The number of carbonyl (C=O) groups excluding carboxylic acids is 2. The molecule has 0 spiro atoms. The smallest absolute Gasteiger partial charge is 0.253 e. The number of aryl methyl sites for hydroxylation is 2. The van der Waals surface area contributed by atoms with Gasteiger partial charge in [0.25, 0.3) is 5.91 Å². The normalized spacial score (nSPS) is 14.6. The molecule has 0 bridgehead atoms. The van der Waals surface area contributed by atoms with E-state index in [1.54, 1.807) is 37.3 Å². The maximum absolute atomic E-state index is 12.1. The molecule has 2 aromatic rings. The van der Waals surface area contributed by atoms with Crippen LogP contribution in [0.1, 0.15) is 79.8 Å². The summed E-state index contributed by atoms with van der Waals surface area (Å²) in [6.45, 7) is 11.9. The number of aromatic nitrogens is 2. The van der Waals surface area contributed by atoms with Crippen molar-refractivity contribution >= 4 is 17.3 Å². The number of rotatable bonds is 8. The number of amides is 1. The summed E-state index contributed by atoms with van der Waals surface area (Å²) in [6.07, 6.45) is 10.9. The maximum Gasteiger partial charge on any atom is 0.253 e. The monoisotopic (exact) mass is 477 g/mol. The first-order valence-corrected chi connectivity index (χ1v) is 12.2. The highest BCUT2D eigenvalue weighted by Gasteiger charge is 2.43. The molecular formula is C29H39N3O3. The fourth-order valence-electron chi connectivity index (χ4n) is 4.13. The molecule has 1 saturated carbocycles. The van der Waals surface area contributed by atoms with Crippen LogP contribution in [0.15, 0.2) is 48.3 Å². The lowest BCUT2D eigenvalue weighted by atomic mass is 9.88. The third-order valence-corrected chi connectivity index (χ3v) is 6.68. The van der Waals surface area contributed by atoms with E-state index in [0.717, 1.165) is 17.0 Å². The molecule has 0 aliphatic heterocycles. The van der Waals surface area contributed by atoms with Crippen molar-refractivity contribution in [3.8, 4) is 0 Å². The predicted octanol–water partition coefficient (Wildman–Crippen LogP) is 5.22. The Kier molecular flexibility index (Phi) is 10.1. The van der Waals surface area contributed by atoms with E-state index in [0.29, 0.717) is 23.1 Å². The average molecular weight is 478 g/mol. The summed E-state index contributed by atoms with van der Waals surface area (Å²) in [6, 6.07) is 6.03. The molecule has 1 aliphatic rings. The van der Waals surface area contributed by atoms with Crippen molar-refractivity contribution in [1.29, 1.82) is 0 Å². The van der Waals surface area contributed by atoms with E-state index in [1.165, 1.54) is 30.4 Å². The van der Waals surface area contributed by atoms with Crippen molar-refractivity contribution in [1.82, 2.24) is 14.9 Å². The number of hydrogen-bond donors (Lipinski definition) is 1. The molecule has 35 heavy (non-hydrogen) atoms. The Morgan fingerprint density at radius 3 is 2.20 bits per heavy atom. The first-order valence-electron chi connectivity index (χ1n) is 12.2. The summed E-state index contributed by atoms with van der Waals surface area (Å²) in [7, 11) is 1.72. The Bertz CT molecular complexity index is 1100. The fraction of sp³-hybridized carbons (Fsp3) is 0.448. The van der Waals surface area contributed by atoms with Gasteiger partial charge in [-0.15, -0.1) is 0 Å². The lowest BCUT2D eigenvalue weighted by Gasteiger charge is -2.19. The van der Waals surface area contributed by atoms with Gasteiger partial charge in [0.15, 0.2) is 5.78 Å². The molecule has 1 N–H and O–H groups in total. The lowest BCUT2D eigenvalue weighted by molar-refractivity contribution is -0.113. The zero-order valence-corrected chi connectivity index (χ0v) is 22.2. The van der Waals surface area contributed by atoms with Crippen molar-refractivity contribution in [3.05, 3.63) is 76.4 Å². The molecule has 188 valence electrons. The van der Waals surface area contributed by atoms with Gasteiger partial charge in [0.1, 0.15) is 5.82 Å². The SMILES string of the molecule is C/C=C(\C=C(/C)c1cnc(C)nc1)C(C)=O.CCC1(c2ccc(C(=O)N(C)CCO)cc2C)CC1. The third kappa shape index (κ3) is 7.43. The molecule has 1 heterocycles. The summed E-state index contributed by atoms with van der Waals surface area (Å²) in [5, 5.41) is 8.88. The minimum Gasteiger partial charge on any atom is -0.395 e. The highest BCUT2D eigenvalue weighted by atomic mass is 16.3. The molecular weight excluding hydrogens is 438 g/mol. The van der Waals surface area contributed by atoms with E-state index in [2.05, 4.69) is 29.9 Å². The molecule has 0 radical (unpaired) electrons. The number of nitrogens with zero attached hydrogens (tertiary/aromatic N) is 3. The Morgan fingerprint density at radius 1 is 1.11 bits per heavy atom. The van der Waals surface area contributed by atoms with Crippen LogP contribution in [0.5, 0.6) is 0 Å². The lowest BCUT2D eigenvalue weighted by Crippen LogP contribution is -2.29. The van der Waals surface area contributed by atoms with E-state index < -0.39 is 0 Å². The first-order chi connectivity index (χ1) is 16.6. The topological polar surface area (TPSA) is 83.4 Å². The van der Waals surface area contributed by atoms with Gasteiger partial charge < -0.3 is 10.0 Å². The molecule has 0 atom stereocenters. The van der Waals surface area contributed by atoms with Crippen LogP contribution in [0.2, 0.25) is 0 Å². The van der Waals surface area contributed by atoms with Crippen LogP contribution in [-0.4, -0.2) is 51.9 Å². The first kappa shape index (κ1) is 28.1. The largest absolute Gasteiger partial charge is 0.395 e. The minimum absolute atomic E-state index is 0.00173. The van der Waals surface area contributed by atoms with Gasteiger partial charge in [-0.25, -0.2) is 9.97 Å². The third-order valence-electron chi connectivity index (χ3n) is 6.68. The van der Waals surface area contributed by atoms with Crippen LogP contribution in [0, 0.1) is 13.8 Å². The van der Waals surface area contributed by atoms with Crippen molar-refractivity contribution in [3.63, 3.8) is 0 Å². The standard InChI is InChI=1S/C16H23NO2.C13H16N2O/c1-4-16(7-8-16)14-6-5-13(11-12(14)2)15(19)17(3)9-10-18;1-5-12(10(3)16)6-9(2)13-7-14-11(4)15-8-13/h5-6,11,18H,4,7-10H2,1-3H3;5-8H,1-4H3/b;9-6+,12-5+. The van der Waals surface area contributed by atoms with E-state index in [1.807, 2.05) is 39.0 Å². The van der Waals surface area contributed by atoms with Crippen molar-refractivity contribution in [2.45, 2.75) is 66.2 Å². The van der Waals surface area contributed by atoms with Gasteiger partial charge in [0.2, 0.25) is 0 Å². The number of benzene rings is 1. The molecule has 1 aromatic carbocycles. The number of hydrogen-bond acceptors (Lipinski definition) is 5. The fourth-order valence-corrected chi connectivity index (χ4v) is 4.13. The second-order valence-electron chi connectivity index (χ2n) is 9.26. The quantitative estimate of drug-likeness (QED) is 0.416. The van der Waals surface area contributed by atoms with E-state index in [-0.39, 0.29) is 18.3 Å². The molecule has 3 rings (SSSR count). The second kappa shape index (κ2) is 12.5. The van der Waals surface area contributed by atoms with E-state index in [4.69, 9.17) is 5.11 Å². The molecule has 0 saturated heterocycles. The number of carbonyl (C=O) groups is 2. The number of allylic oxidation sites excluding steroid dienone is 4. The Morgan fingerprint density at radius 2 is 1.74 bits per heavy atom. The molecule has 6 nitrogen and oxygen atoms in total. The zero-order chi connectivity index (χ0) is 26.2.